The van der Waals surface area contributed by atoms with Crippen LogP contribution < -0.4 is 20.3 Å². The summed E-state index contributed by atoms with van der Waals surface area (Å²) < 4.78 is 22.6. The molecule has 29 heavy (non-hydrogen) atoms. The Bertz CT molecular complexity index is 909. The lowest BCUT2D eigenvalue weighted by molar-refractivity contribution is -0.914. The molecule has 1 amide bonds. The fraction of sp³-hybridized carbons (Fsp3) is 0.381. The van der Waals surface area contributed by atoms with Crippen LogP contribution in [0, 0.1) is 0 Å². The van der Waals surface area contributed by atoms with Crippen LogP contribution in [0.1, 0.15) is 12.5 Å². The standard InChI is InChI=1S/C21H28N4O3S/c1-17(24-13-15-25(16-14-24)19-5-3-2-4-6-19)21(26)23-12-11-18-7-9-20(10-8-18)29(22,27)28/h2-10,17H,11-16H2,1H3,(H,23,26)(H2,22,27,28)/p+1/t17-/m0/s1. The van der Waals surface area contributed by atoms with E-state index in [0.29, 0.717) is 13.0 Å². The fourth-order valence-electron chi connectivity index (χ4n) is 3.64. The molecule has 0 radical (unpaired) electrons. The van der Waals surface area contributed by atoms with Crippen LogP contribution in [0.25, 0.3) is 0 Å². The van der Waals surface area contributed by atoms with Gasteiger partial charge < -0.3 is 15.1 Å². The summed E-state index contributed by atoms with van der Waals surface area (Å²) in [5.74, 6) is 0.0503. The van der Waals surface area contributed by atoms with E-state index in [-0.39, 0.29) is 16.8 Å². The van der Waals surface area contributed by atoms with Crippen molar-refractivity contribution in [2.24, 2.45) is 5.14 Å². The van der Waals surface area contributed by atoms with Gasteiger partial charge in [0.15, 0.2) is 6.04 Å². The minimum absolute atomic E-state index is 0.0503. The molecule has 2 aromatic carbocycles. The Morgan fingerprint density at radius 3 is 2.31 bits per heavy atom. The summed E-state index contributed by atoms with van der Waals surface area (Å²) in [7, 11) is -3.67. The molecule has 0 aromatic heterocycles. The lowest BCUT2D eigenvalue weighted by Gasteiger charge is -2.36. The summed E-state index contributed by atoms with van der Waals surface area (Å²) in [6.45, 7) is 6.23. The number of nitrogens with two attached hydrogens (primary N) is 1. The van der Waals surface area contributed by atoms with E-state index < -0.39 is 10.0 Å². The van der Waals surface area contributed by atoms with Crippen LogP contribution in [0.2, 0.25) is 0 Å². The van der Waals surface area contributed by atoms with Crippen LogP contribution in [-0.4, -0.2) is 53.1 Å². The quantitative estimate of drug-likeness (QED) is 0.581. The van der Waals surface area contributed by atoms with Crippen molar-refractivity contribution in [3.63, 3.8) is 0 Å². The first-order valence-electron chi connectivity index (χ1n) is 9.88. The molecular weight excluding hydrogens is 388 g/mol. The molecule has 1 aliphatic rings. The second-order valence-electron chi connectivity index (χ2n) is 7.43. The lowest BCUT2D eigenvalue weighted by atomic mass is 10.1. The van der Waals surface area contributed by atoms with Crippen molar-refractivity contribution in [3.05, 3.63) is 60.2 Å². The van der Waals surface area contributed by atoms with Crippen LogP contribution in [-0.2, 0) is 21.2 Å². The van der Waals surface area contributed by atoms with Gasteiger partial charge in [0.2, 0.25) is 10.0 Å². The first kappa shape index (κ1) is 21.3. The highest BCUT2D eigenvalue weighted by atomic mass is 32.2. The van der Waals surface area contributed by atoms with E-state index in [0.717, 1.165) is 31.7 Å². The number of carbonyl (C=O) groups is 1. The number of hydrogen-bond donors (Lipinski definition) is 3. The molecule has 156 valence electrons. The Morgan fingerprint density at radius 2 is 1.72 bits per heavy atom. The zero-order valence-corrected chi connectivity index (χ0v) is 17.5. The maximum atomic E-state index is 12.5. The smallest absolute Gasteiger partial charge is 0.278 e. The number of piperazine rings is 1. The third-order valence-electron chi connectivity index (χ3n) is 5.50. The van der Waals surface area contributed by atoms with Gasteiger partial charge >= 0.3 is 0 Å². The summed E-state index contributed by atoms with van der Waals surface area (Å²) in [6, 6.07) is 16.7. The Balaban J connectivity index is 1.43. The van der Waals surface area contributed by atoms with E-state index in [2.05, 4.69) is 22.3 Å². The zero-order valence-electron chi connectivity index (χ0n) is 16.7. The first-order chi connectivity index (χ1) is 13.8. The number of para-hydroxylation sites is 1. The summed E-state index contributed by atoms with van der Waals surface area (Å²) >= 11 is 0. The number of amides is 1. The van der Waals surface area contributed by atoms with E-state index in [1.165, 1.54) is 22.7 Å². The normalized spacial score (nSPS) is 16.4. The Labute approximate surface area is 172 Å². The number of quaternary nitrogens is 1. The van der Waals surface area contributed by atoms with Crippen molar-refractivity contribution >= 4 is 21.6 Å². The number of hydrogen-bond acceptors (Lipinski definition) is 4. The molecule has 0 bridgehead atoms. The average Bonchev–Trinajstić information content (AvgIpc) is 2.73. The maximum absolute atomic E-state index is 12.5. The van der Waals surface area contributed by atoms with Gasteiger partial charge in [0.25, 0.3) is 5.91 Å². The molecule has 1 heterocycles. The molecule has 0 saturated carbocycles. The molecule has 4 N–H and O–H groups in total. The predicted molar refractivity (Wildman–Crippen MR) is 113 cm³/mol. The van der Waals surface area contributed by atoms with Crippen LogP contribution in [0.15, 0.2) is 59.5 Å². The van der Waals surface area contributed by atoms with Gasteiger partial charge in [-0.25, -0.2) is 13.6 Å². The number of anilines is 1. The molecule has 1 aliphatic heterocycles. The highest BCUT2D eigenvalue weighted by Gasteiger charge is 2.28. The molecule has 2 aromatic rings. The van der Waals surface area contributed by atoms with Gasteiger partial charge in [-0.2, -0.15) is 0 Å². The summed E-state index contributed by atoms with van der Waals surface area (Å²) in [4.78, 5) is 16.3. The summed E-state index contributed by atoms with van der Waals surface area (Å²) in [5.41, 5.74) is 2.19. The van der Waals surface area contributed by atoms with Gasteiger partial charge in [0.1, 0.15) is 0 Å². The average molecular weight is 418 g/mol. The second kappa shape index (κ2) is 9.39. The predicted octanol–water partition coefficient (Wildman–Crippen LogP) is -0.214. The van der Waals surface area contributed by atoms with Crippen LogP contribution >= 0.6 is 0 Å². The molecule has 0 aliphatic carbocycles. The van der Waals surface area contributed by atoms with Gasteiger partial charge in [0.05, 0.1) is 31.1 Å². The van der Waals surface area contributed by atoms with Gasteiger partial charge in [-0.3, -0.25) is 4.79 Å². The largest absolute Gasteiger partial charge is 0.360 e. The van der Waals surface area contributed by atoms with Crippen molar-refractivity contribution in [2.75, 3.05) is 37.6 Å². The molecule has 8 heteroatoms. The second-order valence-corrected chi connectivity index (χ2v) is 8.99. The molecule has 0 unspecified atom stereocenters. The van der Waals surface area contributed by atoms with Crippen molar-refractivity contribution in [1.82, 2.24) is 5.32 Å². The van der Waals surface area contributed by atoms with E-state index >= 15 is 0 Å². The maximum Gasteiger partial charge on any atom is 0.278 e. The molecule has 1 atom stereocenters. The third-order valence-corrected chi connectivity index (χ3v) is 6.43. The van der Waals surface area contributed by atoms with Gasteiger partial charge in [-0.1, -0.05) is 30.3 Å². The minimum atomic E-state index is -3.67. The van der Waals surface area contributed by atoms with Gasteiger partial charge in [-0.05, 0) is 43.2 Å². The number of primary sulfonamides is 1. The van der Waals surface area contributed by atoms with Crippen molar-refractivity contribution < 1.29 is 18.1 Å². The molecule has 7 nitrogen and oxygen atoms in total. The van der Waals surface area contributed by atoms with Crippen molar-refractivity contribution in [1.29, 1.82) is 0 Å². The van der Waals surface area contributed by atoms with E-state index in [4.69, 9.17) is 5.14 Å². The molecule has 1 fully saturated rings. The number of nitrogens with zero attached hydrogens (tertiary/aromatic N) is 1. The van der Waals surface area contributed by atoms with Crippen molar-refractivity contribution in [3.8, 4) is 0 Å². The topological polar surface area (TPSA) is 96.9 Å². The van der Waals surface area contributed by atoms with Crippen LogP contribution in [0.5, 0.6) is 0 Å². The van der Waals surface area contributed by atoms with E-state index in [1.807, 2.05) is 25.1 Å². The summed E-state index contributed by atoms with van der Waals surface area (Å²) in [5, 5.41) is 8.10. The Hall–Kier alpha value is -2.42. The third kappa shape index (κ3) is 5.79. The highest BCUT2D eigenvalue weighted by molar-refractivity contribution is 7.89. The first-order valence-corrected chi connectivity index (χ1v) is 11.4. The Morgan fingerprint density at radius 1 is 1.10 bits per heavy atom. The van der Waals surface area contributed by atoms with E-state index in [1.54, 1.807) is 12.1 Å². The van der Waals surface area contributed by atoms with E-state index in [9.17, 15) is 13.2 Å². The fourth-order valence-corrected chi connectivity index (χ4v) is 4.15. The zero-order chi connectivity index (χ0) is 20.9. The van der Waals surface area contributed by atoms with Crippen molar-refractivity contribution in [2.45, 2.75) is 24.3 Å². The lowest BCUT2D eigenvalue weighted by Crippen LogP contribution is -3.19. The highest BCUT2D eigenvalue weighted by Crippen LogP contribution is 2.12. The van der Waals surface area contributed by atoms with Gasteiger partial charge in [0, 0.05) is 12.2 Å². The number of nitrogens with one attached hydrogen (secondary N) is 2. The molecule has 0 spiro atoms. The number of rotatable bonds is 7. The van der Waals surface area contributed by atoms with Gasteiger partial charge in [-0.15, -0.1) is 0 Å². The number of benzene rings is 2. The van der Waals surface area contributed by atoms with Crippen LogP contribution in [0.3, 0.4) is 0 Å². The SMILES string of the molecule is C[C@@H](C(=O)NCCc1ccc(S(N)(=O)=O)cc1)[NH+]1CCN(c2ccccc2)CC1. The Kier molecular flexibility index (Phi) is 6.89. The molecule has 3 rings (SSSR count). The summed E-state index contributed by atoms with van der Waals surface area (Å²) in [6.07, 6.45) is 0.639. The molecule has 1 saturated heterocycles. The number of sulfonamides is 1. The molecular formula is C21H29N4O3S+. The minimum Gasteiger partial charge on any atom is -0.360 e. The van der Waals surface area contributed by atoms with Crippen LogP contribution in [0.4, 0.5) is 5.69 Å². The number of carbonyl (C=O) groups excluding carboxylic acids is 1. The monoisotopic (exact) mass is 417 g/mol.